The van der Waals surface area contributed by atoms with E-state index in [2.05, 4.69) is 15.6 Å². The molecule has 1 aliphatic rings. The van der Waals surface area contributed by atoms with Gasteiger partial charge < -0.3 is 21.1 Å². The molecular weight excluding hydrogens is 344 g/mol. The molecule has 27 heavy (non-hydrogen) atoms. The van der Waals surface area contributed by atoms with Gasteiger partial charge in [0.1, 0.15) is 6.10 Å². The highest BCUT2D eigenvalue weighted by Gasteiger charge is 2.17. The lowest BCUT2D eigenvalue weighted by Gasteiger charge is -2.13. The number of aromatic nitrogens is 1. The maximum Gasteiger partial charge on any atom is 0.319 e. The van der Waals surface area contributed by atoms with E-state index in [-0.39, 0.29) is 18.6 Å². The van der Waals surface area contributed by atoms with Gasteiger partial charge in [-0.15, -0.1) is 0 Å². The lowest BCUT2D eigenvalue weighted by Crippen LogP contribution is -2.29. The van der Waals surface area contributed by atoms with Crippen molar-refractivity contribution in [3.05, 3.63) is 53.7 Å². The van der Waals surface area contributed by atoms with E-state index < -0.39 is 5.91 Å². The van der Waals surface area contributed by atoms with E-state index in [0.717, 1.165) is 18.4 Å². The number of ether oxygens (including phenoxy) is 1. The molecule has 1 fully saturated rings. The van der Waals surface area contributed by atoms with Gasteiger partial charge in [0.25, 0.3) is 0 Å². The average molecular weight is 368 g/mol. The molecule has 0 radical (unpaired) electrons. The third-order valence-corrected chi connectivity index (χ3v) is 4.47. The molecule has 0 saturated heterocycles. The fraction of sp³-hybridized carbons (Fsp3) is 0.350. The van der Waals surface area contributed by atoms with Gasteiger partial charge in [-0.1, -0.05) is 18.2 Å². The van der Waals surface area contributed by atoms with Crippen LogP contribution in [0.25, 0.3) is 0 Å². The van der Waals surface area contributed by atoms with Gasteiger partial charge in [-0.05, 0) is 48.9 Å². The van der Waals surface area contributed by atoms with E-state index in [1.165, 1.54) is 12.8 Å². The number of nitrogens with two attached hydrogens (primary N) is 1. The number of anilines is 1. The molecule has 3 rings (SSSR count). The zero-order valence-corrected chi connectivity index (χ0v) is 15.1. The van der Waals surface area contributed by atoms with Gasteiger partial charge in [0, 0.05) is 24.5 Å². The van der Waals surface area contributed by atoms with Crippen LogP contribution < -0.4 is 21.1 Å². The van der Waals surface area contributed by atoms with Crippen molar-refractivity contribution in [2.75, 3.05) is 5.32 Å². The standard InChI is InChI=1S/C20H24N4O3/c21-18(25)12-15-5-1-4-8-17(15)24-20(26)23-13-14-9-10-22-19(11-14)27-16-6-2-3-7-16/h1,4-5,8-11,16H,2-3,6-7,12-13H2,(H2,21,25)(H2,23,24,26). The molecule has 2 aromatic rings. The van der Waals surface area contributed by atoms with E-state index in [9.17, 15) is 9.59 Å². The van der Waals surface area contributed by atoms with Crippen LogP contribution in [0.5, 0.6) is 5.88 Å². The molecule has 0 atom stereocenters. The van der Waals surface area contributed by atoms with Crippen molar-refractivity contribution < 1.29 is 14.3 Å². The van der Waals surface area contributed by atoms with Crippen LogP contribution in [0.15, 0.2) is 42.6 Å². The van der Waals surface area contributed by atoms with E-state index >= 15 is 0 Å². The topological polar surface area (TPSA) is 106 Å². The Kier molecular flexibility index (Phi) is 6.25. The van der Waals surface area contributed by atoms with Gasteiger partial charge in [0.2, 0.25) is 11.8 Å². The Morgan fingerprint density at radius 1 is 1.19 bits per heavy atom. The second-order valence-corrected chi connectivity index (χ2v) is 6.63. The number of hydrogen-bond acceptors (Lipinski definition) is 4. The number of primary amides is 1. The molecule has 1 saturated carbocycles. The number of pyridine rings is 1. The van der Waals surface area contributed by atoms with Crippen LogP contribution in [-0.4, -0.2) is 23.0 Å². The number of urea groups is 1. The van der Waals surface area contributed by atoms with Crippen LogP contribution >= 0.6 is 0 Å². The van der Waals surface area contributed by atoms with E-state index in [1.54, 1.807) is 30.5 Å². The lowest BCUT2D eigenvalue weighted by atomic mass is 10.1. The number of benzene rings is 1. The number of carbonyl (C=O) groups excluding carboxylic acids is 2. The molecule has 1 aromatic heterocycles. The highest BCUT2D eigenvalue weighted by Crippen LogP contribution is 2.23. The second-order valence-electron chi connectivity index (χ2n) is 6.63. The first-order valence-corrected chi connectivity index (χ1v) is 9.13. The van der Waals surface area contributed by atoms with Gasteiger partial charge in [-0.25, -0.2) is 9.78 Å². The molecule has 0 bridgehead atoms. The van der Waals surface area contributed by atoms with Crippen molar-refractivity contribution >= 4 is 17.6 Å². The quantitative estimate of drug-likeness (QED) is 0.698. The Bertz CT molecular complexity index is 803. The number of nitrogens with one attached hydrogen (secondary N) is 2. The maximum atomic E-state index is 12.2. The summed E-state index contributed by atoms with van der Waals surface area (Å²) in [5.74, 6) is 0.143. The van der Waals surface area contributed by atoms with Crippen molar-refractivity contribution in [3.63, 3.8) is 0 Å². The van der Waals surface area contributed by atoms with Crippen molar-refractivity contribution in [1.29, 1.82) is 0 Å². The predicted molar refractivity (Wildman–Crippen MR) is 102 cm³/mol. The third-order valence-electron chi connectivity index (χ3n) is 4.47. The van der Waals surface area contributed by atoms with Gasteiger partial charge in [-0.2, -0.15) is 0 Å². The molecule has 0 unspecified atom stereocenters. The molecular formula is C20H24N4O3. The van der Waals surface area contributed by atoms with E-state index in [4.69, 9.17) is 10.5 Å². The molecule has 142 valence electrons. The van der Waals surface area contributed by atoms with Crippen LogP contribution in [0.1, 0.15) is 36.8 Å². The monoisotopic (exact) mass is 368 g/mol. The average Bonchev–Trinajstić information content (AvgIpc) is 3.15. The summed E-state index contributed by atoms with van der Waals surface area (Å²) in [5.41, 5.74) is 7.39. The summed E-state index contributed by atoms with van der Waals surface area (Å²) in [4.78, 5) is 27.6. The molecule has 1 aromatic carbocycles. The number of nitrogens with zero attached hydrogens (tertiary/aromatic N) is 1. The fourth-order valence-electron chi connectivity index (χ4n) is 3.13. The Balaban J connectivity index is 1.54. The minimum Gasteiger partial charge on any atom is -0.474 e. The normalized spacial score (nSPS) is 13.9. The number of amides is 3. The van der Waals surface area contributed by atoms with E-state index in [1.807, 2.05) is 12.1 Å². The molecule has 4 N–H and O–H groups in total. The van der Waals surface area contributed by atoms with Crippen molar-refractivity contribution in [3.8, 4) is 5.88 Å². The van der Waals surface area contributed by atoms with Crippen molar-refractivity contribution in [1.82, 2.24) is 10.3 Å². The van der Waals surface area contributed by atoms with Gasteiger partial charge >= 0.3 is 6.03 Å². The van der Waals surface area contributed by atoms with Crippen LogP contribution in [0.4, 0.5) is 10.5 Å². The Hall–Kier alpha value is -3.09. The van der Waals surface area contributed by atoms with Crippen LogP contribution in [-0.2, 0) is 17.8 Å². The highest BCUT2D eigenvalue weighted by atomic mass is 16.5. The van der Waals surface area contributed by atoms with Crippen LogP contribution in [0.2, 0.25) is 0 Å². The van der Waals surface area contributed by atoms with Gasteiger partial charge in [0.05, 0.1) is 6.42 Å². The number of carbonyl (C=O) groups is 2. The Labute approximate surface area is 158 Å². The summed E-state index contributed by atoms with van der Waals surface area (Å²) < 4.78 is 5.89. The Morgan fingerprint density at radius 2 is 1.96 bits per heavy atom. The molecule has 7 nitrogen and oxygen atoms in total. The number of para-hydroxylation sites is 1. The summed E-state index contributed by atoms with van der Waals surface area (Å²) in [5, 5.41) is 5.55. The molecule has 3 amide bonds. The summed E-state index contributed by atoms with van der Waals surface area (Å²) in [6, 6.07) is 10.4. The molecule has 0 aliphatic heterocycles. The summed E-state index contributed by atoms with van der Waals surface area (Å²) >= 11 is 0. The summed E-state index contributed by atoms with van der Waals surface area (Å²) in [6.07, 6.45) is 6.52. The SMILES string of the molecule is NC(=O)Cc1ccccc1NC(=O)NCc1ccnc(OC2CCCC2)c1. The van der Waals surface area contributed by atoms with Gasteiger partial charge in [-0.3, -0.25) is 4.79 Å². The first-order valence-electron chi connectivity index (χ1n) is 9.13. The summed E-state index contributed by atoms with van der Waals surface area (Å²) in [6.45, 7) is 0.341. The fourth-order valence-corrected chi connectivity index (χ4v) is 3.13. The first kappa shape index (κ1) is 18.7. The minimum atomic E-state index is -0.448. The van der Waals surface area contributed by atoms with Gasteiger partial charge in [0.15, 0.2) is 0 Å². The molecule has 7 heteroatoms. The summed E-state index contributed by atoms with van der Waals surface area (Å²) in [7, 11) is 0. The van der Waals surface area contributed by atoms with E-state index in [0.29, 0.717) is 23.7 Å². The predicted octanol–water partition coefficient (Wildman–Crippen LogP) is 2.75. The maximum absolute atomic E-state index is 12.2. The molecule has 1 heterocycles. The third kappa shape index (κ3) is 5.70. The lowest BCUT2D eigenvalue weighted by molar-refractivity contribution is -0.117. The van der Waals surface area contributed by atoms with Crippen molar-refractivity contribution in [2.45, 2.75) is 44.8 Å². The molecule has 0 spiro atoms. The second kappa shape index (κ2) is 9.02. The number of rotatable bonds is 7. The highest BCUT2D eigenvalue weighted by molar-refractivity contribution is 5.91. The zero-order chi connectivity index (χ0) is 19.1. The number of hydrogen-bond donors (Lipinski definition) is 3. The Morgan fingerprint density at radius 3 is 2.74 bits per heavy atom. The zero-order valence-electron chi connectivity index (χ0n) is 15.1. The van der Waals surface area contributed by atoms with Crippen LogP contribution in [0.3, 0.4) is 0 Å². The van der Waals surface area contributed by atoms with Crippen LogP contribution in [0, 0.1) is 0 Å². The first-order chi connectivity index (χ1) is 13.1. The molecule has 1 aliphatic carbocycles. The van der Waals surface area contributed by atoms with Crippen molar-refractivity contribution in [2.24, 2.45) is 5.73 Å². The largest absolute Gasteiger partial charge is 0.474 e. The minimum absolute atomic E-state index is 0.0721. The smallest absolute Gasteiger partial charge is 0.319 e.